The zero-order valence-corrected chi connectivity index (χ0v) is 25.1. The molecule has 0 saturated carbocycles. The molecule has 6 aromatic carbocycles. The van der Waals surface area contributed by atoms with Crippen LogP contribution in [0.4, 0.5) is 34.1 Å². The predicted octanol–water partition coefficient (Wildman–Crippen LogP) is 10.7. The molecule has 214 valence electrons. The summed E-state index contributed by atoms with van der Waals surface area (Å²) in [5, 5.41) is 21.2. The largest absolute Gasteiger partial charge is 0.310 e. The minimum atomic E-state index is -0.171. The molecule has 0 heterocycles. The predicted molar refractivity (Wildman–Crippen MR) is 183 cm³/mol. The van der Waals surface area contributed by atoms with Gasteiger partial charge in [-0.1, -0.05) is 98.8 Å². The summed E-state index contributed by atoms with van der Waals surface area (Å²) in [5.74, 6) is 0. The van der Waals surface area contributed by atoms with Crippen LogP contribution in [0.5, 0.6) is 0 Å². The molecule has 45 heavy (non-hydrogen) atoms. The van der Waals surface area contributed by atoms with Gasteiger partial charge in [0.15, 0.2) is 0 Å². The first kappa shape index (κ1) is 27.7. The molecule has 4 nitrogen and oxygen atoms in total. The average Bonchev–Trinajstić information content (AvgIpc) is 3.32. The summed E-state index contributed by atoms with van der Waals surface area (Å²) in [7, 11) is 0. The third-order valence-corrected chi connectivity index (χ3v) is 8.69. The van der Waals surface area contributed by atoms with Gasteiger partial charge in [0.05, 0.1) is 16.8 Å². The van der Waals surface area contributed by atoms with E-state index in [1.165, 1.54) is 22.3 Å². The van der Waals surface area contributed by atoms with Crippen LogP contribution in [0.2, 0.25) is 0 Å². The summed E-state index contributed by atoms with van der Waals surface area (Å²) in [5.41, 5.74) is 10.6. The fourth-order valence-electron chi connectivity index (χ4n) is 6.58. The molecule has 0 spiro atoms. The normalized spacial score (nSPS) is 12.4. The SMILES string of the molecule is CC1(C)c2ccccc2-c2ccc(N(c3ccccc3)c3cc(C#N)c(N(c4ccccc4)c4ccccc4)c(C#N)c3)cc21. The van der Waals surface area contributed by atoms with Crippen LogP contribution in [-0.4, -0.2) is 0 Å². The Bertz CT molecular complexity index is 2030. The molecule has 0 N–H and O–H groups in total. The fourth-order valence-corrected chi connectivity index (χ4v) is 6.58. The van der Waals surface area contributed by atoms with Crippen molar-refractivity contribution in [2.45, 2.75) is 19.3 Å². The molecule has 0 aromatic heterocycles. The third kappa shape index (κ3) is 4.70. The molecule has 7 rings (SSSR count). The van der Waals surface area contributed by atoms with Crippen molar-refractivity contribution >= 4 is 34.1 Å². The Labute approximate surface area is 264 Å². The average molecular weight is 579 g/mol. The second-order valence-electron chi connectivity index (χ2n) is 11.7. The first-order chi connectivity index (χ1) is 22.0. The monoisotopic (exact) mass is 578 g/mol. The van der Waals surface area contributed by atoms with E-state index in [1.54, 1.807) is 0 Å². The van der Waals surface area contributed by atoms with Crippen molar-refractivity contribution < 1.29 is 0 Å². The summed E-state index contributed by atoms with van der Waals surface area (Å²) in [6.45, 7) is 4.54. The third-order valence-electron chi connectivity index (χ3n) is 8.69. The molecule has 0 bridgehead atoms. The summed E-state index contributed by atoms with van der Waals surface area (Å²) in [6, 6.07) is 53.7. The summed E-state index contributed by atoms with van der Waals surface area (Å²) in [4.78, 5) is 4.13. The lowest BCUT2D eigenvalue weighted by Crippen LogP contribution is -2.17. The lowest BCUT2D eigenvalue weighted by molar-refractivity contribution is 0.660. The molecule has 0 aliphatic heterocycles. The molecule has 0 fully saturated rings. The van der Waals surface area contributed by atoms with Gasteiger partial charge in [-0.05, 0) is 82.9 Å². The van der Waals surface area contributed by atoms with Gasteiger partial charge < -0.3 is 9.80 Å². The van der Waals surface area contributed by atoms with E-state index in [9.17, 15) is 10.5 Å². The molecule has 0 amide bonds. The van der Waals surface area contributed by atoms with E-state index < -0.39 is 0 Å². The maximum atomic E-state index is 10.6. The van der Waals surface area contributed by atoms with Crippen LogP contribution in [0.3, 0.4) is 0 Å². The number of nitrogens with zero attached hydrogens (tertiary/aromatic N) is 4. The highest BCUT2D eigenvalue weighted by Crippen LogP contribution is 2.51. The van der Waals surface area contributed by atoms with E-state index >= 15 is 0 Å². The smallest absolute Gasteiger partial charge is 0.101 e. The van der Waals surface area contributed by atoms with Crippen LogP contribution < -0.4 is 9.80 Å². The van der Waals surface area contributed by atoms with Crippen molar-refractivity contribution in [2.75, 3.05) is 9.80 Å². The highest BCUT2D eigenvalue weighted by Gasteiger charge is 2.36. The van der Waals surface area contributed by atoms with E-state index in [0.29, 0.717) is 16.8 Å². The topological polar surface area (TPSA) is 54.1 Å². The number of hydrogen-bond acceptors (Lipinski definition) is 4. The van der Waals surface area contributed by atoms with Crippen molar-refractivity contribution in [1.29, 1.82) is 10.5 Å². The van der Waals surface area contributed by atoms with Gasteiger partial charge in [-0.25, -0.2) is 0 Å². The first-order valence-electron chi connectivity index (χ1n) is 15.0. The number of benzene rings is 6. The van der Waals surface area contributed by atoms with E-state index in [1.807, 2.05) is 95.9 Å². The lowest BCUT2D eigenvalue weighted by atomic mass is 9.82. The molecular formula is C41H30N4. The molecule has 6 aromatic rings. The van der Waals surface area contributed by atoms with Gasteiger partial charge in [0.1, 0.15) is 12.1 Å². The maximum Gasteiger partial charge on any atom is 0.101 e. The highest BCUT2D eigenvalue weighted by atomic mass is 15.2. The van der Waals surface area contributed by atoms with E-state index in [4.69, 9.17) is 0 Å². The van der Waals surface area contributed by atoms with Gasteiger partial charge in [-0.2, -0.15) is 10.5 Å². The van der Waals surface area contributed by atoms with Gasteiger partial charge >= 0.3 is 0 Å². The Morgan fingerprint density at radius 1 is 0.444 bits per heavy atom. The van der Waals surface area contributed by atoms with Crippen LogP contribution in [-0.2, 0) is 5.41 Å². The van der Waals surface area contributed by atoms with E-state index in [-0.39, 0.29) is 5.41 Å². The summed E-state index contributed by atoms with van der Waals surface area (Å²) in [6.07, 6.45) is 0. The van der Waals surface area contributed by atoms with Crippen molar-refractivity contribution in [3.8, 4) is 23.3 Å². The quantitative estimate of drug-likeness (QED) is 0.197. The Morgan fingerprint density at radius 2 is 0.911 bits per heavy atom. The number of fused-ring (bicyclic) bond motifs is 3. The van der Waals surface area contributed by atoms with Gasteiger partial charge in [0.25, 0.3) is 0 Å². The fraction of sp³-hybridized carbons (Fsp3) is 0.0732. The zero-order chi connectivity index (χ0) is 31.0. The van der Waals surface area contributed by atoms with Gasteiger partial charge in [0.2, 0.25) is 0 Å². The summed E-state index contributed by atoms with van der Waals surface area (Å²) >= 11 is 0. The molecule has 1 aliphatic carbocycles. The van der Waals surface area contributed by atoms with Crippen LogP contribution >= 0.6 is 0 Å². The maximum absolute atomic E-state index is 10.6. The Morgan fingerprint density at radius 3 is 1.44 bits per heavy atom. The van der Waals surface area contributed by atoms with Gasteiger partial charge in [0, 0.05) is 33.9 Å². The molecule has 0 saturated heterocycles. The van der Waals surface area contributed by atoms with Gasteiger partial charge in [-0.3, -0.25) is 0 Å². The molecule has 0 unspecified atom stereocenters. The van der Waals surface area contributed by atoms with Crippen molar-refractivity contribution in [3.05, 3.63) is 168 Å². The van der Waals surface area contributed by atoms with Crippen LogP contribution in [0.15, 0.2) is 146 Å². The van der Waals surface area contributed by atoms with Crippen molar-refractivity contribution in [3.63, 3.8) is 0 Å². The van der Waals surface area contributed by atoms with Crippen LogP contribution in [0.25, 0.3) is 11.1 Å². The molecule has 1 aliphatic rings. The Kier molecular flexibility index (Phi) is 6.89. The first-order valence-corrected chi connectivity index (χ1v) is 15.0. The van der Waals surface area contributed by atoms with E-state index in [0.717, 1.165) is 28.4 Å². The highest BCUT2D eigenvalue weighted by molar-refractivity contribution is 5.89. The van der Waals surface area contributed by atoms with Gasteiger partial charge in [-0.15, -0.1) is 0 Å². The van der Waals surface area contributed by atoms with Crippen molar-refractivity contribution in [1.82, 2.24) is 0 Å². The minimum absolute atomic E-state index is 0.171. The number of hydrogen-bond donors (Lipinski definition) is 0. The molecule has 4 heteroatoms. The van der Waals surface area contributed by atoms with Crippen LogP contribution in [0.1, 0.15) is 36.1 Å². The Balaban J connectivity index is 1.44. The van der Waals surface area contributed by atoms with Crippen LogP contribution in [0, 0.1) is 22.7 Å². The van der Waals surface area contributed by atoms with Crippen molar-refractivity contribution in [2.24, 2.45) is 0 Å². The molecular weight excluding hydrogens is 548 g/mol. The number of para-hydroxylation sites is 3. The number of rotatable bonds is 6. The lowest BCUT2D eigenvalue weighted by Gasteiger charge is -2.31. The molecule has 0 atom stereocenters. The second kappa shape index (κ2) is 11.2. The second-order valence-corrected chi connectivity index (χ2v) is 11.7. The molecule has 0 radical (unpaired) electrons. The number of nitriles is 2. The Hall–Kier alpha value is -6.10. The number of anilines is 6. The van der Waals surface area contributed by atoms with E-state index in [2.05, 4.69) is 85.5 Å². The summed E-state index contributed by atoms with van der Waals surface area (Å²) < 4.78 is 0. The standard InChI is InChI=1S/C41H30N4/c1-41(2)38-21-13-12-20-36(38)37-23-22-34(26-39(37)41)44(31-14-6-3-7-15-31)35-24-29(27-42)40(30(25-35)28-43)45(32-16-8-4-9-17-32)33-18-10-5-11-19-33/h3-26H,1-2H3. The zero-order valence-electron chi connectivity index (χ0n) is 25.1. The minimum Gasteiger partial charge on any atom is -0.310 e.